The Labute approximate surface area is 227 Å². The number of rotatable bonds is 16. The van der Waals surface area contributed by atoms with Gasteiger partial charge in [-0.25, -0.2) is 4.79 Å². The minimum atomic E-state index is -1.79. The molecule has 0 fully saturated rings. The highest BCUT2D eigenvalue weighted by atomic mass is 16.4. The number of carbonyl (C=O) groups excluding carboxylic acids is 5. The highest BCUT2D eigenvalue weighted by molar-refractivity contribution is 5.97. The average Bonchev–Trinajstić information content (AvgIpc) is 2.87. The van der Waals surface area contributed by atoms with Crippen molar-refractivity contribution >= 4 is 41.5 Å². The minimum absolute atomic E-state index is 0.0647. The predicted octanol–water partition coefficient (Wildman–Crippen LogP) is -4.35. The second-order valence-electron chi connectivity index (χ2n) is 8.68. The predicted molar refractivity (Wildman–Crippen MR) is 134 cm³/mol. The number of aliphatic carboxylic acids is 2. The number of hydrogen-bond acceptors (Lipinski definition) is 10. The number of phenols is 1. The van der Waals surface area contributed by atoms with E-state index in [-0.39, 0.29) is 12.2 Å². The van der Waals surface area contributed by atoms with Crippen LogP contribution >= 0.6 is 0 Å². The maximum Gasteiger partial charge on any atom is 0.326 e. The summed E-state index contributed by atoms with van der Waals surface area (Å²) < 4.78 is 0. The molecule has 0 aromatic heterocycles. The normalized spacial score (nSPS) is 14.4. The molecule has 220 valence electrons. The number of nitrogens with two attached hydrogens (primary N) is 2. The smallest absolute Gasteiger partial charge is 0.326 e. The van der Waals surface area contributed by atoms with Crippen molar-refractivity contribution in [3.05, 3.63) is 29.8 Å². The number of nitrogens with one attached hydrogen (secondary N) is 4. The van der Waals surface area contributed by atoms with Crippen molar-refractivity contribution in [2.75, 3.05) is 6.61 Å². The lowest BCUT2D eigenvalue weighted by Gasteiger charge is -2.25. The molecule has 5 atom stereocenters. The summed E-state index contributed by atoms with van der Waals surface area (Å²) in [5, 5.41) is 45.2. The molecule has 0 aliphatic carbocycles. The second kappa shape index (κ2) is 15.6. The second-order valence-corrected chi connectivity index (χ2v) is 8.68. The van der Waals surface area contributed by atoms with Gasteiger partial charge < -0.3 is 53.2 Å². The van der Waals surface area contributed by atoms with Gasteiger partial charge in [0.25, 0.3) is 0 Å². The summed E-state index contributed by atoms with van der Waals surface area (Å²) in [5.41, 5.74) is 11.1. The Hall–Kier alpha value is -4.77. The van der Waals surface area contributed by atoms with Crippen molar-refractivity contribution in [3.63, 3.8) is 0 Å². The highest BCUT2D eigenvalue weighted by Crippen LogP contribution is 2.12. The van der Waals surface area contributed by atoms with Gasteiger partial charge in [-0.3, -0.25) is 28.8 Å². The van der Waals surface area contributed by atoms with E-state index < -0.39 is 91.1 Å². The van der Waals surface area contributed by atoms with Crippen LogP contribution in [-0.2, 0) is 40.0 Å². The number of benzene rings is 1. The first-order valence-corrected chi connectivity index (χ1v) is 11.7. The van der Waals surface area contributed by atoms with E-state index in [1.165, 1.54) is 24.3 Å². The van der Waals surface area contributed by atoms with Gasteiger partial charge in [-0.1, -0.05) is 12.1 Å². The van der Waals surface area contributed by atoms with Crippen molar-refractivity contribution in [1.82, 2.24) is 21.3 Å². The minimum Gasteiger partial charge on any atom is -0.508 e. The van der Waals surface area contributed by atoms with Crippen molar-refractivity contribution in [2.24, 2.45) is 11.5 Å². The first kappa shape index (κ1) is 33.3. The number of carbonyl (C=O) groups is 7. The number of phenolic OH excluding ortho intramolecular Hbond substituents is 1. The van der Waals surface area contributed by atoms with E-state index in [0.29, 0.717) is 5.56 Å². The third kappa shape index (κ3) is 11.3. The number of aliphatic hydroxyl groups excluding tert-OH is 1. The number of amides is 5. The van der Waals surface area contributed by atoms with Crippen LogP contribution in [0.1, 0.15) is 25.3 Å². The van der Waals surface area contributed by atoms with Crippen molar-refractivity contribution < 1.29 is 54.0 Å². The van der Waals surface area contributed by atoms with Gasteiger partial charge in [0, 0.05) is 6.42 Å². The number of hydrogen-bond donors (Lipinski definition) is 10. The van der Waals surface area contributed by atoms with Crippen molar-refractivity contribution in [2.45, 2.75) is 56.4 Å². The van der Waals surface area contributed by atoms with E-state index in [9.17, 15) is 38.7 Å². The fraction of sp³-hybridized carbons (Fsp3) is 0.435. The van der Waals surface area contributed by atoms with Crippen LogP contribution in [0.4, 0.5) is 0 Å². The molecule has 0 unspecified atom stereocenters. The molecule has 0 saturated carbocycles. The van der Waals surface area contributed by atoms with Crippen LogP contribution in [0.2, 0.25) is 0 Å². The molecule has 0 radical (unpaired) electrons. The maximum absolute atomic E-state index is 13.1. The number of primary amides is 1. The van der Waals surface area contributed by atoms with Gasteiger partial charge >= 0.3 is 11.9 Å². The summed E-state index contributed by atoms with van der Waals surface area (Å²) >= 11 is 0. The van der Waals surface area contributed by atoms with Crippen LogP contribution in [0.5, 0.6) is 5.75 Å². The monoisotopic (exact) mass is 568 g/mol. The van der Waals surface area contributed by atoms with E-state index >= 15 is 0 Å². The molecule has 40 heavy (non-hydrogen) atoms. The summed E-state index contributed by atoms with van der Waals surface area (Å²) in [7, 11) is 0. The standard InChI is InChI=1S/C23H32N6O11/c1-10(19(35)29-16(23(39)40)8-18(33)34)26-21(37)15(7-17(25)32)28-22(38)14(27-20(36)13(24)9-30)6-11-2-4-12(31)5-3-11/h2-5,10,13-16,30-31H,6-9,24H2,1H3,(H2,25,32)(H,26,37)(H,27,36)(H,28,38)(H,29,35)(H,33,34)(H,39,40)/t10-,13-,14-,15-,16-/m0/s1. The van der Waals surface area contributed by atoms with Crippen LogP contribution in [0.15, 0.2) is 24.3 Å². The van der Waals surface area contributed by atoms with Gasteiger partial charge in [0.2, 0.25) is 29.5 Å². The molecule has 0 spiro atoms. The number of aromatic hydroxyl groups is 1. The first-order valence-electron chi connectivity index (χ1n) is 11.7. The molecular formula is C23H32N6O11. The molecular weight excluding hydrogens is 536 g/mol. The Balaban J connectivity index is 3.07. The lowest BCUT2D eigenvalue weighted by atomic mass is 10.0. The quantitative estimate of drug-likeness (QED) is 0.0905. The summed E-state index contributed by atoms with van der Waals surface area (Å²) in [4.78, 5) is 84.1. The number of carboxylic acid groups (broad SMARTS) is 2. The molecule has 1 aromatic rings. The Kier molecular flexibility index (Phi) is 13.0. The average molecular weight is 569 g/mol. The lowest BCUT2D eigenvalue weighted by Crippen LogP contribution is -2.59. The third-order valence-corrected chi connectivity index (χ3v) is 5.33. The Morgan fingerprint density at radius 2 is 1.30 bits per heavy atom. The molecule has 1 rings (SSSR count). The molecule has 1 aromatic carbocycles. The van der Waals surface area contributed by atoms with Crippen LogP contribution in [0.3, 0.4) is 0 Å². The molecule has 0 bridgehead atoms. The molecule has 0 aliphatic heterocycles. The fourth-order valence-electron chi connectivity index (χ4n) is 3.17. The zero-order valence-corrected chi connectivity index (χ0v) is 21.3. The summed E-state index contributed by atoms with van der Waals surface area (Å²) in [5.74, 6) is -8.24. The van der Waals surface area contributed by atoms with Crippen molar-refractivity contribution in [3.8, 4) is 5.75 Å². The van der Waals surface area contributed by atoms with Gasteiger partial charge in [-0.15, -0.1) is 0 Å². The maximum atomic E-state index is 13.1. The first-order chi connectivity index (χ1) is 18.6. The molecule has 0 heterocycles. The molecule has 5 amide bonds. The zero-order chi connectivity index (χ0) is 30.6. The van der Waals surface area contributed by atoms with E-state index in [1.54, 1.807) is 0 Å². The summed E-state index contributed by atoms with van der Waals surface area (Å²) in [6, 6.07) is -2.08. The van der Waals surface area contributed by atoms with E-state index in [4.69, 9.17) is 26.8 Å². The SMILES string of the molecule is C[C@H](NC(=O)[C@H](CC(N)=O)NC(=O)[C@H](Cc1ccc(O)cc1)NC(=O)[C@@H](N)CO)C(=O)N[C@@H](CC(=O)O)C(=O)O. The number of carboxylic acids is 2. The van der Waals surface area contributed by atoms with Crippen LogP contribution in [0, 0.1) is 0 Å². The fourth-order valence-corrected chi connectivity index (χ4v) is 3.17. The van der Waals surface area contributed by atoms with Gasteiger partial charge in [0.1, 0.15) is 36.0 Å². The molecule has 12 N–H and O–H groups in total. The van der Waals surface area contributed by atoms with Gasteiger partial charge in [-0.2, -0.15) is 0 Å². The summed E-state index contributed by atoms with van der Waals surface area (Å²) in [6.45, 7) is 0.404. The topological polar surface area (TPSA) is 301 Å². The van der Waals surface area contributed by atoms with E-state index in [0.717, 1.165) is 6.92 Å². The molecule has 17 heteroatoms. The Bertz CT molecular complexity index is 1110. The third-order valence-electron chi connectivity index (χ3n) is 5.33. The van der Waals surface area contributed by atoms with Crippen molar-refractivity contribution in [1.29, 1.82) is 0 Å². The Morgan fingerprint density at radius 3 is 1.80 bits per heavy atom. The summed E-state index contributed by atoms with van der Waals surface area (Å²) in [6.07, 6.45) is -1.84. The molecule has 0 saturated heterocycles. The number of aliphatic hydroxyl groups is 1. The molecule has 0 aliphatic rings. The van der Waals surface area contributed by atoms with Gasteiger partial charge in [0.05, 0.1) is 19.4 Å². The lowest BCUT2D eigenvalue weighted by molar-refractivity contribution is -0.147. The largest absolute Gasteiger partial charge is 0.508 e. The van der Waals surface area contributed by atoms with E-state index in [2.05, 4.69) is 16.0 Å². The van der Waals surface area contributed by atoms with Crippen LogP contribution < -0.4 is 32.7 Å². The Morgan fingerprint density at radius 1 is 0.775 bits per heavy atom. The highest BCUT2D eigenvalue weighted by Gasteiger charge is 2.31. The zero-order valence-electron chi connectivity index (χ0n) is 21.3. The van der Waals surface area contributed by atoms with E-state index in [1.807, 2.05) is 5.32 Å². The van der Waals surface area contributed by atoms with Gasteiger partial charge in [-0.05, 0) is 24.6 Å². The van der Waals surface area contributed by atoms with Crippen LogP contribution in [-0.4, -0.2) is 98.7 Å². The van der Waals surface area contributed by atoms with Crippen LogP contribution in [0.25, 0.3) is 0 Å². The van der Waals surface area contributed by atoms with Gasteiger partial charge in [0.15, 0.2) is 0 Å². The molecule has 17 nitrogen and oxygen atoms in total.